The quantitative estimate of drug-likeness (QED) is 0.764. The van der Waals surface area contributed by atoms with Crippen LogP contribution in [0.1, 0.15) is 27.7 Å². The molecule has 7 nitrogen and oxygen atoms in total. The molecule has 2 N–H and O–H groups in total. The van der Waals surface area contributed by atoms with Gasteiger partial charge in [-0.15, -0.1) is 0 Å². The normalized spacial score (nSPS) is 12.5. The molecule has 1 atom stereocenters. The molecule has 0 saturated carbocycles. The Labute approximate surface area is 106 Å². The van der Waals surface area contributed by atoms with Crippen LogP contribution < -0.4 is 5.32 Å². The monoisotopic (exact) mass is 260 g/mol. The van der Waals surface area contributed by atoms with Gasteiger partial charge >= 0.3 is 12.1 Å². The zero-order valence-electron chi connectivity index (χ0n) is 11.3. The van der Waals surface area contributed by atoms with Crippen molar-refractivity contribution in [2.75, 3.05) is 13.6 Å². The number of nitrogens with zero attached hydrogens (tertiary/aromatic N) is 1. The fraction of sp³-hybridized carbons (Fsp3) is 0.727. The highest BCUT2D eigenvalue weighted by Crippen LogP contribution is 2.08. The molecule has 0 saturated heterocycles. The van der Waals surface area contributed by atoms with E-state index in [-0.39, 0.29) is 6.54 Å². The summed E-state index contributed by atoms with van der Waals surface area (Å²) < 4.78 is 5.04. The molecule has 0 aromatic carbocycles. The minimum atomic E-state index is -1.14. The van der Waals surface area contributed by atoms with Crippen molar-refractivity contribution in [1.82, 2.24) is 10.2 Å². The molecule has 0 aromatic heterocycles. The van der Waals surface area contributed by atoms with E-state index in [9.17, 15) is 14.4 Å². The maximum Gasteiger partial charge on any atom is 0.410 e. The first kappa shape index (κ1) is 16.2. The summed E-state index contributed by atoms with van der Waals surface area (Å²) in [5.74, 6) is -1.69. The van der Waals surface area contributed by atoms with Crippen LogP contribution in [0.25, 0.3) is 0 Å². The smallest absolute Gasteiger partial charge is 0.410 e. The van der Waals surface area contributed by atoms with E-state index in [2.05, 4.69) is 5.32 Å². The number of carboxylic acids is 1. The first-order valence-corrected chi connectivity index (χ1v) is 5.49. The van der Waals surface area contributed by atoms with E-state index in [1.54, 1.807) is 20.8 Å². The average Bonchev–Trinajstić information content (AvgIpc) is 2.14. The Bertz CT molecular complexity index is 335. The summed E-state index contributed by atoms with van der Waals surface area (Å²) in [6, 6.07) is -0.996. The summed E-state index contributed by atoms with van der Waals surface area (Å²) in [7, 11) is 1.40. The van der Waals surface area contributed by atoms with Gasteiger partial charge in [-0.25, -0.2) is 4.79 Å². The van der Waals surface area contributed by atoms with Gasteiger partial charge < -0.3 is 20.1 Å². The van der Waals surface area contributed by atoms with E-state index in [1.807, 2.05) is 0 Å². The molecule has 0 spiro atoms. The molecule has 0 heterocycles. The van der Waals surface area contributed by atoms with Gasteiger partial charge in [-0.1, -0.05) is 0 Å². The second kappa shape index (κ2) is 6.23. The van der Waals surface area contributed by atoms with Gasteiger partial charge in [0.15, 0.2) is 0 Å². The number of hydrogen-bond acceptors (Lipinski definition) is 4. The number of ether oxygens (including phenoxy) is 1. The molecule has 2 amide bonds. The lowest BCUT2D eigenvalue weighted by Gasteiger charge is -2.24. The summed E-state index contributed by atoms with van der Waals surface area (Å²) in [6.07, 6.45) is -0.638. The first-order chi connectivity index (χ1) is 8.03. The van der Waals surface area contributed by atoms with E-state index in [4.69, 9.17) is 9.84 Å². The maximum absolute atomic E-state index is 11.5. The lowest BCUT2D eigenvalue weighted by molar-refractivity contribution is -0.141. The Morgan fingerprint density at radius 2 is 1.83 bits per heavy atom. The van der Waals surface area contributed by atoms with Crippen molar-refractivity contribution in [1.29, 1.82) is 0 Å². The summed E-state index contributed by atoms with van der Waals surface area (Å²) in [4.78, 5) is 34.5. The summed E-state index contributed by atoms with van der Waals surface area (Å²) in [5, 5.41) is 10.8. The number of rotatable bonds is 4. The molecule has 0 aliphatic heterocycles. The van der Waals surface area contributed by atoms with Gasteiger partial charge in [0.25, 0.3) is 0 Å². The molecule has 18 heavy (non-hydrogen) atoms. The third-order valence-corrected chi connectivity index (χ3v) is 1.83. The molecule has 0 unspecified atom stereocenters. The number of nitrogens with one attached hydrogen (secondary N) is 1. The predicted octanol–water partition coefficient (Wildman–Crippen LogP) is 0.443. The number of likely N-dealkylation sites (N-methyl/N-ethyl adjacent to an activating group) is 1. The van der Waals surface area contributed by atoms with Crippen molar-refractivity contribution in [3.05, 3.63) is 0 Å². The molecule has 0 fully saturated rings. The highest BCUT2D eigenvalue weighted by atomic mass is 16.6. The lowest BCUT2D eigenvalue weighted by atomic mass is 10.2. The highest BCUT2D eigenvalue weighted by molar-refractivity contribution is 5.86. The molecule has 104 valence electrons. The Morgan fingerprint density at radius 1 is 1.33 bits per heavy atom. The minimum absolute atomic E-state index is 0.257. The topological polar surface area (TPSA) is 95.9 Å². The number of carbonyl (C=O) groups is 3. The van der Waals surface area contributed by atoms with Crippen LogP contribution >= 0.6 is 0 Å². The Kier molecular flexibility index (Phi) is 5.61. The van der Waals surface area contributed by atoms with Crippen LogP contribution in [0.2, 0.25) is 0 Å². The van der Waals surface area contributed by atoms with Crippen molar-refractivity contribution < 1.29 is 24.2 Å². The van der Waals surface area contributed by atoms with Crippen molar-refractivity contribution in [3.63, 3.8) is 0 Å². The Hall–Kier alpha value is -1.79. The zero-order chi connectivity index (χ0) is 14.5. The van der Waals surface area contributed by atoms with Gasteiger partial charge in [-0.3, -0.25) is 9.59 Å². The Morgan fingerprint density at radius 3 is 2.22 bits per heavy atom. The van der Waals surface area contributed by atoms with Crippen molar-refractivity contribution in [2.24, 2.45) is 0 Å². The van der Waals surface area contributed by atoms with Crippen molar-refractivity contribution in [3.8, 4) is 0 Å². The molecule has 0 aromatic rings. The Balaban J connectivity index is 4.23. The van der Waals surface area contributed by atoms with Gasteiger partial charge in [-0.05, 0) is 27.7 Å². The summed E-state index contributed by atoms with van der Waals surface area (Å²) >= 11 is 0. The van der Waals surface area contributed by atoms with E-state index in [1.165, 1.54) is 14.0 Å². The average molecular weight is 260 g/mol. The molecule has 0 aliphatic carbocycles. The molecule has 0 bridgehead atoms. The van der Waals surface area contributed by atoms with Crippen molar-refractivity contribution in [2.45, 2.75) is 39.3 Å². The number of carbonyl (C=O) groups excluding carboxylic acids is 2. The van der Waals surface area contributed by atoms with Gasteiger partial charge in [-0.2, -0.15) is 0 Å². The molecule has 0 rings (SSSR count). The fourth-order valence-electron chi connectivity index (χ4n) is 0.969. The second-order valence-electron chi connectivity index (χ2n) is 4.96. The van der Waals surface area contributed by atoms with Crippen LogP contribution in [-0.2, 0) is 14.3 Å². The predicted molar refractivity (Wildman–Crippen MR) is 64.1 cm³/mol. The van der Waals surface area contributed by atoms with Gasteiger partial charge in [0.2, 0.25) is 5.91 Å². The van der Waals surface area contributed by atoms with Gasteiger partial charge in [0, 0.05) is 7.05 Å². The van der Waals surface area contributed by atoms with E-state index in [0.29, 0.717) is 0 Å². The van der Waals surface area contributed by atoms with Gasteiger partial charge in [0.05, 0.1) is 0 Å². The molecule has 0 radical (unpaired) electrons. The third kappa shape index (κ3) is 6.72. The summed E-state index contributed by atoms with van der Waals surface area (Å²) in [6.45, 7) is 6.22. The lowest BCUT2D eigenvalue weighted by Crippen LogP contribution is -2.45. The minimum Gasteiger partial charge on any atom is -0.480 e. The number of amides is 2. The summed E-state index contributed by atoms with van der Waals surface area (Å²) in [5.41, 5.74) is -0.643. The number of carboxylic acid groups (broad SMARTS) is 1. The fourth-order valence-corrected chi connectivity index (χ4v) is 0.969. The van der Waals surface area contributed by atoms with Crippen LogP contribution in [0.4, 0.5) is 4.79 Å². The largest absolute Gasteiger partial charge is 0.480 e. The van der Waals surface area contributed by atoms with E-state index >= 15 is 0 Å². The molecular formula is C11H20N2O5. The van der Waals surface area contributed by atoms with Gasteiger partial charge in [0.1, 0.15) is 18.2 Å². The number of hydrogen-bond donors (Lipinski definition) is 2. The standard InChI is InChI=1S/C11H20N2O5/c1-7(9(15)16)12-8(14)6-13(5)10(17)18-11(2,3)4/h7H,6H2,1-5H3,(H,12,14)(H,15,16)/t7-/m0/s1. The molecular weight excluding hydrogens is 240 g/mol. The van der Waals surface area contributed by atoms with E-state index < -0.39 is 29.6 Å². The molecule has 7 heteroatoms. The highest BCUT2D eigenvalue weighted by Gasteiger charge is 2.22. The van der Waals surface area contributed by atoms with E-state index in [0.717, 1.165) is 4.90 Å². The second-order valence-corrected chi connectivity index (χ2v) is 4.96. The maximum atomic E-state index is 11.5. The number of aliphatic carboxylic acids is 1. The van der Waals surface area contributed by atoms with Crippen LogP contribution in [0, 0.1) is 0 Å². The third-order valence-electron chi connectivity index (χ3n) is 1.83. The zero-order valence-corrected chi connectivity index (χ0v) is 11.3. The van der Waals surface area contributed by atoms with Crippen LogP contribution in [0.3, 0.4) is 0 Å². The van der Waals surface area contributed by atoms with Crippen LogP contribution in [-0.4, -0.2) is 53.2 Å². The van der Waals surface area contributed by atoms with Crippen LogP contribution in [0.5, 0.6) is 0 Å². The first-order valence-electron chi connectivity index (χ1n) is 5.49. The molecule has 0 aliphatic rings. The SMILES string of the molecule is C[C@H](NC(=O)CN(C)C(=O)OC(C)(C)C)C(=O)O. The van der Waals surface area contributed by atoms with Crippen molar-refractivity contribution >= 4 is 18.0 Å². The van der Waals surface area contributed by atoms with Crippen LogP contribution in [0.15, 0.2) is 0 Å².